The van der Waals surface area contributed by atoms with Crippen LogP contribution in [0, 0.1) is 5.92 Å². The number of carbonyl (C=O) groups is 2. The predicted molar refractivity (Wildman–Crippen MR) is 82.3 cm³/mol. The van der Waals surface area contributed by atoms with E-state index in [9.17, 15) is 9.59 Å². The van der Waals surface area contributed by atoms with Crippen molar-refractivity contribution in [3.05, 3.63) is 29.3 Å². The fourth-order valence-corrected chi connectivity index (χ4v) is 4.26. The SMILES string of the molecule is COC(=O)C(=O)N(Cc1ccc2scnc2c1)C12CC(C1)C2. The van der Waals surface area contributed by atoms with Crippen molar-refractivity contribution in [1.82, 2.24) is 9.88 Å². The van der Waals surface area contributed by atoms with Crippen molar-refractivity contribution >= 4 is 33.4 Å². The monoisotopic (exact) mass is 316 g/mol. The van der Waals surface area contributed by atoms with Gasteiger partial charge < -0.3 is 9.64 Å². The number of thiazole rings is 1. The fraction of sp³-hybridized carbons (Fsp3) is 0.438. The third-order valence-electron chi connectivity index (χ3n) is 4.92. The summed E-state index contributed by atoms with van der Waals surface area (Å²) in [4.78, 5) is 30.1. The van der Waals surface area contributed by atoms with E-state index in [1.165, 1.54) is 7.11 Å². The Morgan fingerprint density at radius 1 is 1.41 bits per heavy atom. The van der Waals surface area contributed by atoms with Crippen molar-refractivity contribution in [2.45, 2.75) is 31.3 Å². The second-order valence-corrected chi connectivity index (χ2v) is 7.13. The number of esters is 1. The van der Waals surface area contributed by atoms with Crippen molar-refractivity contribution in [3.63, 3.8) is 0 Å². The summed E-state index contributed by atoms with van der Waals surface area (Å²) < 4.78 is 5.75. The molecule has 1 aromatic heterocycles. The molecule has 5 nitrogen and oxygen atoms in total. The number of amides is 1. The Morgan fingerprint density at radius 2 is 2.18 bits per heavy atom. The lowest BCUT2D eigenvalue weighted by molar-refractivity contribution is -0.184. The Kier molecular flexibility index (Phi) is 2.97. The summed E-state index contributed by atoms with van der Waals surface area (Å²) in [7, 11) is 1.25. The number of hydrogen-bond acceptors (Lipinski definition) is 5. The maximum atomic E-state index is 12.4. The highest BCUT2D eigenvalue weighted by Gasteiger charge is 2.61. The highest BCUT2D eigenvalue weighted by molar-refractivity contribution is 7.16. The fourth-order valence-electron chi connectivity index (χ4n) is 3.60. The minimum atomic E-state index is -0.778. The number of nitrogens with zero attached hydrogens (tertiary/aromatic N) is 2. The lowest BCUT2D eigenvalue weighted by atomic mass is 9.49. The van der Waals surface area contributed by atoms with Crippen LogP contribution in [0.1, 0.15) is 24.8 Å². The second-order valence-electron chi connectivity index (χ2n) is 6.24. The van der Waals surface area contributed by atoms with E-state index in [0.717, 1.165) is 41.0 Å². The number of carbonyl (C=O) groups excluding carboxylic acids is 2. The Balaban J connectivity index is 1.62. The zero-order valence-corrected chi connectivity index (χ0v) is 13.1. The molecule has 22 heavy (non-hydrogen) atoms. The van der Waals surface area contributed by atoms with Crippen LogP contribution >= 0.6 is 11.3 Å². The van der Waals surface area contributed by atoms with Crippen LogP contribution in [0.15, 0.2) is 23.7 Å². The van der Waals surface area contributed by atoms with Gasteiger partial charge in [0.05, 0.1) is 22.8 Å². The van der Waals surface area contributed by atoms with Gasteiger partial charge in [0.25, 0.3) is 0 Å². The molecule has 3 fully saturated rings. The van der Waals surface area contributed by atoms with Gasteiger partial charge in [-0.3, -0.25) is 4.79 Å². The molecule has 0 unspecified atom stereocenters. The summed E-state index contributed by atoms with van der Waals surface area (Å²) in [6, 6.07) is 6.02. The Labute approximate surface area is 131 Å². The van der Waals surface area contributed by atoms with E-state index < -0.39 is 11.9 Å². The molecular weight excluding hydrogens is 300 g/mol. The maximum absolute atomic E-state index is 12.4. The topological polar surface area (TPSA) is 59.5 Å². The van der Waals surface area contributed by atoms with Crippen LogP contribution in [0.25, 0.3) is 10.2 Å². The smallest absolute Gasteiger partial charge is 0.396 e. The molecule has 0 N–H and O–H groups in total. The summed E-state index contributed by atoms with van der Waals surface area (Å²) in [5.74, 6) is -0.576. The van der Waals surface area contributed by atoms with Crippen molar-refractivity contribution in [1.29, 1.82) is 0 Å². The normalized spacial score (nSPS) is 25.2. The molecule has 0 radical (unpaired) electrons. The highest BCUT2D eigenvalue weighted by Crippen LogP contribution is 2.60. The van der Waals surface area contributed by atoms with E-state index >= 15 is 0 Å². The van der Waals surface area contributed by atoms with Gasteiger partial charge in [0.2, 0.25) is 0 Å². The van der Waals surface area contributed by atoms with Crippen LogP contribution in [0.4, 0.5) is 0 Å². The largest absolute Gasteiger partial charge is 0.462 e. The molecule has 5 rings (SSSR count). The van der Waals surface area contributed by atoms with E-state index in [1.54, 1.807) is 16.2 Å². The minimum Gasteiger partial charge on any atom is -0.462 e. The van der Waals surface area contributed by atoms with Gasteiger partial charge in [0, 0.05) is 12.1 Å². The summed E-state index contributed by atoms with van der Waals surface area (Å²) in [6.45, 7) is 0.439. The third-order valence-corrected chi connectivity index (χ3v) is 5.73. The van der Waals surface area contributed by atoms with Crippen LogP contribution in [-0.2, 0) is 20.9 Å². The minimum absolute atomic E-state index is 0.118. The number of rotatable bonds is 3. The summed E-state index contributed by atoms with van der Waals surface area (Å²) in [5, 5.41) is 0. The van der Waals surface area contributed by atoms with Gasteiger partial charge in [-0.05, 0) is 42.9 Å². The molecule has 3 aliphatic carbocycles. The Bertz CT molecular complexity index is 753. The van der Waals surface area contributed by atoms with E-state index in [0.29, 0.717) is 6.54 Å². The molecule has 2 aromatic rings. The molecule has 3 saturated carbocycles. The molecular formula is C16H16N2O3S. The van der Waals surface area contributed by atoms with E-state index in [-0.39, 0.29) is 5.54 Å². The maximum Gasteiger partial charge on any atom is 0.396 e. The summed E-state index contributed by atoms with van der Waals surface area (Å²) >= 11 is 1.59. The highest BCUT2D eigenvalue weighted by atomic mass is 32.1. The first-order valence-corrected chi connectivity index (χ1v) is 8.21. The Hall–Kier alpha value is -1.95. The van der Waals surface area contributed by atoms with Crippen molar-refractivity contribution < 1.29 is 14.3 Å². The van der Waals surface area contributed by atoms with Crippen LogP contribution in [-0.4, -0.2) is 34.4 Å². The first-order valence-electron chi connectivity index (χ1n) is 7.33. The second kappa shape index (κ2) is 4.78. The molecule has 1 heterocycles. The van der Waals surface area contributed by atoms with Gasteiger partial charge in [0.15, 0.2) is 0 Å². The van der Waals surface area contributed by atoms with Gasteiger partial charge in [-0.15, -0.1) is 11.3 Å². The molecule has 1 aromatic carbocycles. The number of hydrogen-bond donors (Lipinski definition) is 0. The predicted octanol–water partition coefficient (Wildman–Crippen LogP) is 2.35. The van der Waals surface area contributed by atoms with Gasteiger partial charge in [-0.2, -0.15) is 0 Å². The van der Waals surface area contributed by atoms with Crippen LogP contribution in [0.3, 0.4) is 0 Å². The number of ether oxygens (including phenoxy) is 1. The van der Waals surface area contributed by atoms with Gasteiger partial charge in [-0.25, -0.2) is 9.78 Å². The number of methoxy groups -OCH3 is 1. The number of benzene rings is 1. The van der Waals surface area contributed by atoms with E-state index in [2.05, 4.69) is 9.72 Å². The van der Waals surface area contributed by atoms with Gasteiger partial charge >= 0.3 is 11.9 Å². The number of aromatic nitrogens is 1. The van der Waals surface area contributed by atoms with E-state index in [1.807, 2.05) is 23.7 Å². The third kappa shape index (κ3) is 1.94. The Morgan fingerprint density at radius 3 is 2.82 bits per heavy atom. The zero-order chi connectivity index (χ0) is 15.3. The molecule has 2 bridgehead atoms. The molecule has 0 spiro atoms. The van der Waals surface area contributed by atoms with Crippen molar-refractivity contribution in [2.75, 3.05) is 7.11 Å². The first kappa shape index (κ1) is 13.7. The molecule has 114 valence electrons. The molecule has 0 aliphatic heterocycles. The molecule has 3 aliphatic rings. The van der Waals surface area contributed by atoms with Gasteiger partial charge in [0.1, 0.15) is 0 Å². The van der Waals surface area contributed by atoms with Crippen molar-refractivity contribution in [3.8, 4) is 0 Å². The quantitative estimate of drug-likeness (QED) is 0.644. The van der Waals surface area contributed by atoms with Crippen LogP contribution in [0.2, 0.25) is 0 Å². The molecule has 6 heteroatoms. The molecule has 1 amide bonds. The summed E-state index contributed by atoms with van der Waals surface area (Å²) in [5.41, 5.74) is 3.63. The molecule has 0 saturated heterocycles. The average molecular weight is 316 g/mol. The lowest BCUT2D eigenvalue weighted by Gasteiger charge is -2.66. The first-order chi connectivity index (χ1) is 10.6. The summed E-state index contributed by atoms with van der Waals surface area (Å²) in [6.07, 6.45) is 3.03. The van der Waals surface area contributed by atoms with Gasteiger partial charge in [-0.1, -0.05) is 6.07 Å². The molecule has 0 atom stereocenters. The van der Waals surface area contributed by atoms with Crippen LogP contribution in [0.5, 0.6) is 0 Å². The average Bonchev–Trinajstić information content (AvgIpc) is 2.89. The van der Waals surface area contributed by atoms with Crippen molar-refractivity contribution in [2.24, 2.45) is 5.92 Å². The standard InChI is InChI=1S/C16H16N2O3S/c1-21-15(20)14(19)18(16-5-11(6-16)7-16)8-10-2-3-13-12(4-10)17-9-22-13/h2-4,9,11H,5-8H2,1H3. The van der Waals surface area contributed by atoms with Crippen LogP contribution < -0.4 is 0 Å². The lowest BCUT2D eigenvalue weighted by Crippen LogP contribution is -2.70. The zero-order valence-electron chi connectivity index (χ0n) is 12.2. The van der Waals surface area contributed by atoms with E-state index in [4.69, 9.17) is 0 Å². The number of fused-ring (bicyclic) bond motifs is 1.